The number of hydrogen-bond acceptors (Lipinski definition) is 13. The van der Waals surface area contributed by atoms with E-state index in [4.69, 9.17) is 53.8 Å². The van der Waals surface area contributed by atoms with E-state index in [1.54, 1.807) is 42.5 Å². The van der Waals surface area contributed by atoms with E-state index in [1.807, 2.05) is 38.4 Å². The number of nitrogens with zero attached hydrogens (tertiary/aromatic N) is 2. The van der Waals surface area contributed by atoms with Crippen molar-refractivity contribution in [3.8, 4) is 5.75 Å². The number of carbonyl (C=O) groups is 2. The van der Waals surface area contributed by atoms with Gasteiger partial charge in [-0.1, -0.05) is 59.1 Å². The van der Waals surface area contributed by atoms with Gasteiger partial charge in [0.15, 0.2) is 0 Å². The molecule has 370 valence electrons. The van der Waals surface area contributed by atoms with Crippen LogP contribution in [0.3, 0.4) is 0 Å². The number of amides is 2. The first kappa shape index (κ1) is 53.4. The molecule has 0 bridgehead atoms. The SMILES string of the molecule is CN1Cc2c(O)cc(Cl)cc2C(c2ccc(S(=O)(=O)NCCOCCOCCNC(=O)C(=O)NCCOCCOCCNS(=O)(=O)c3ccc(C4CN(C)Cc5c(Cl)cc(Cl)cc54)cc3)cc2)C1. The lowest BCUT2D eigenvalue weighted by Gasteiger charge is -2.33. The second-order valence-corrected chi connectivity index (χ2v) is 21.2. The van der Waals surface area contributed by atoms with Gasteiger partial charge >= 0.3 is 11.8 Å². The third kappa shape index (κ3) is 15.0. The quantitative estimate of drug-likeness (QED) is 0.0496. The summed E-state index contributed by atoms with van der Waals surface area (Å²) in [4.78, 5) is 28.7. The van der Waals surface area contributed by atoms with Gasteiger partial charge in [0.25, 0.3) is 0 Å². The summed E-state index contributed by atoms with van der Waals surface area (Å²) in [5, 5.41) is 17.0. The summed E-state index contributed by atoms with van der Waals surface area (Å²) in [6, 6.07) is 20.5. The van der Waals surface area contributed by atoms with E-state index < -0.39 is 31.9 Å². The molecule has 2 unspecified atom stereocenters. The van der Waals surface area contributed by atoms with Gasteiger partial charge in [0.2, 0.25) is 20.0 Å². The van der Waals surface area contributed by atoms with Crippen LogP contribution in [0, 0.1) is 0 Å². The number of sulfonamides is 2. The topological polar surface area (TPSA) is 214 Å². The highest BCUT2D eigenvalue weighted by Gasteiger charge is 2.29. The molecule has 2 heterocycles. The van der Waals surface area contributed by atoms with E-state index in [0.29, 0.717) is 34.7 Å². The standard InChI is InChI=1S/C46H57Cl3N6O11S2/c1-54-27-39(37-23-33(47)25-43(49)41(37)29-54)31-3-7-35(8-4-31)67(59,60)52-13-17-65-21-19-63-15-11-50-45(57)46(58)51-12-16-64-20-22-66-18-14-53-68(61,62)36-9-5-32(6-10-36)40-28-55(2)30-42-38(40)24-34(48)26-44(42)56/h3-10,23-26,39-40,52-53,56H,11-22,27-30H2,1-2H3,(H,50,57)(H,51,58). The Morgan fingerprint density at radius 3 is 1.40 bits per heavy atom. The minimum atomic E-state index is -3.79. The van der Waals surface area contributed by atoms with Crippen molar-refractivity contribution >= 4 is 66.7 Å². The zero-order chi connectivity index (χ0) is 48.8. The molecule has 2 atom stereocenters. The number of nitrogens with one attached hydrogen (secondary N) is 4. The van der Waals surface area contributed by atoms with Crippen molar-refractivity contribution in [3.63, 3.8) is 0 Å². The molecule has 6 rings (SSSR count). The molecular weight excluding hydrogens is 983 g/mol. The van der Waals surface area contributed by atoms with Crippen molar-refractivity contribution in [2.45, 2.75) is 34.7 Å². The molecule has 2 amide bonds. The van der Waals surface area contributed by atoms with E-state index in [1.165, 1.54) is 6.07 Å². The molecule has 5 N–H and O–H groups in total. The average Bonchev–Trinajstić information content (AvgIpc) is 3.30. The Hall–Kier alpha value is -3.93. The fourth-order valence-corrected chi connectivity index (χ4v) is 10.8. The Morgan fingerprint density at radius 2 is 0.956 bits per heavy atom. The number of phenols is 1. The normalized spacial score (nSPS) is 16.5. The highest BCUT2D eigenvalue weighted by molar-refractivity contribution is 7.89. The Labute approximate surface area is 412 Å². The highest BCUT2D eigenvalue weighted by atomic mass is 35.5. The monoisotopic (exact) mass is 1040 g/mol. The number of phenolic OH excluding ortho intramolecular Hbond substituents is 1. The number of fused-ring (bicyclic) bond motifs is 2. The molecular formula is C46H57Cl3N6O11S2. The Balaban J connectivity index is 0.746. The molecule has 0 aromatic heterocycles. The van der Waals surface area contributed by atoms with Crippen LogP contribution in [0.5, 0.6) is 5.75 Å². The van der Waals surface area contributed by atoms with Crippen LogP contribution in [0.2, 0.25) is 15.1 Å². The molecule has 68 heavy (non-hydrogen) atoms. The van der Waals surface area contributed by atoms with Crippen molar-refractivity contribution in [1.29, 1.82) is 0 Å². The predicted octanol–water partition coefficient (Wildman–Crippen LogP) is 4.06. The maximum Gasteiger partial charge on any atom is 0.309 e. The second kappa shape index (κ2) is 25.3. The van der Waals surface area contributed by atoms with E-state index in [9.17, 15) is 31.5 Å². The fourth-order valence-electron chi connectivity index (χ4n) is 7.99. The van der Waals surface area contributed by atoms with Gasteiger partial charge in [-0.25, -0.2) is 26.3 Å². The number of carbonyl (C=O) groups excluding carboxylic acids is 2. The summed E-state index contributed by atoms with van der Waals surface area (Å²) < 4.78 is 78.4. The van der Waals surface area contributed by atoms with Gasteiger partial charge in [-0.05, 0) is 90.4 Å². The fraction of sp³-hybridized carbons (Fsp3) is 0.435. The molecule has 0 radical (unpaired) electrons. The van der Waals surface area contributed by atoms with E-state index in [0.717, 1.165) is 39.9 Å². The highest BCUT2D eigenvalue weighted by Crippen LogP contribution is 2.40. The summed E-state index contributed by atoms with van der Waals surface area (Å²) in [7, 11) is -3.59. The zero-order valence-electron chi connectivity index (χ0n) is 37.8. The van der Waals surface area contributed by atoms with Crippen molar-refractivity contribution in [2.75, 3.05) is 106 Å². The van der Waals surface area contributed by atoms with Gasteiger partial charge in [0, 0.05) is 84.8 Å². The Morgan fingerprint density at radius 1 is 0.574 bits per heavy atom. The summed E-state index contributed by atoms with van der Waals surface area (Å²) in [6.07, 6.45) is 0. The van der Waals surface area contributed by atoms with E-state index in [2.05, 4.69) is 29.9 Å². The van der Waals surface area contributed by atoms with Gasteiger partial charge in [-0.3, -0.25) is 9.59 Å². The van der Waals surface area contributed by atoms with Gasteiger partial charge in [-0.15, -0.1) is 0 Å². The summed E-state index contributed by atoms with van der Waals surface area (Å²) in [5.74, 6) is -1.62. The predicted molar refractivity (Wildman–Crippen MR) is 258 cm³/mol. The summed E-state index contributed by atoms with van der Waals surface area (Å²) >= 11 is 19.0. The molecule has 17 nitrogen and oxygen atoms in total. The van der Waals surface area contributed by atoms with Crippen molar-refractivity contribution < 1.29 is 50.5 Å². The number of halogens is 3. The molecule has 0 saturated heterocycles. The van der Waals surface area contributed by atoms with Crippen molar-refractivity contribution in [2.24, 2.45) is 0 Å². The lowest BCUT2D eigenvalue weighted by atomic mass is 9.84. The van der Waals surface area contributed by atoms with Crippen LogP contribution >= 0.6 is 34.8 Å². The van der Waals surface area contributed by atoms with E-state index in [-0.39, 0.29) is 106 Å². The minimum absolute atomic E-state index is 0.0128. The third-order valence-corrected chi connectivity index (χ3v) is 15.0. The van der Waals surface area contributed by atoms with E-state index >= 15 is 0 Å². The molecule has 0 aliphatic carbocycles. The molecule has 22 heteroatoms. The molecule has 2 aliphatic heterocycles. The number of likely N-dealkylation sites (N-methyl/N-ethyl adjacent to an activating group) is 2. The maximum absolute atomic E-state index is 12.9. The molecule has 4 aromatic carbocycles. The van der Waals surface area contributed by atoms with Crippen LogP contribution in [-0.2, 0) is 61.7 Å². The maximum atomic E-state index is 12.9. The largest absolute Gasteiger partial charge is 0.508 e. The smallest absolute Gasteiger partial charge is 0.309 e. The first-order valence-corrected chi connectivity index (χ1v) is 26.0. The second-order valence-electron chi connectivity index (χ2n) is 16.3. The Kier molecular flexibility index (Phi) is 19.8. The molecule has 2 aliphatic rings. The van der Waals surface area contributed by atoms with Crippen LogP contribution in [0.1, 0.15) is 45.2 Å². The first-order chi connectivity index (χ1) is 32.5. The lowest BCUT2D eigenvalue weighted by Crippen LogP contribution is -2.42. The third-order valence-electron chi connectivity index (χ3n) is 11.3. The number of rotatable bonds is 24. The van der Waals surface area contributed by atoms with Crippen LogP contribution in [0.4, 0.5) is 0 Å². The lowest BCUT2D eigenvalue weighted by molar-refractivity contribution is -0.139. The molecule has 0 spiro atoms. The number of ether oxygens (including phenoxy) is 4. The van der Waals surface area contributed by atoms with Crippen molar-refractivity contribution in [1.82, 2.24) is 29.9 Å². The molecule has 0 fully saturated rings. The van der Waals surface area contributed by atoms with Crippen LogP contribution in [0.15, 0.2) is 82.6 Å². The van der Waals surface area contributed by atoms with Gasteiger partial charge in [0.05, 0.1) is 62.6 Å². The zero-order valence-corrected chi connectivity index (χ0v) is 41.7. The van der Waals surface area contributed by atoms with Crippen LogP contribution in [-0.4, -0.2) is 150 Å². The number of hydrogen-bond donors (Lipinski definition) is 5. The van der Waals surface area contributed by atoms with Gasteiger partial charge in [-0.2, -0.15) is 0 Å². The number of benzene rings is 4. The van der Waals surface area contributed by atoms with Crippen LogP contribution < -0.4 is 20.1 Å². The van der Waals surface area contributed by atoms with Gasteiger partial charge < -0.3 is 44.5 Å². The number of aromatic hydroxyl groups is 1. The molecule has 4 aromatic rings. The summed E-state index contributed by atoms with van der Waals surface area (Å²) in [5.41, 5.74) is 5.64. The molecule has 0 saturated carbocycles. The Bertz CT molecular complexity index is 2400. The van der Waals surface area contributed by atoms with Crippen LogP contribution in [0.25, 0.3) is 0 Å². The van der Waals surface area contributed by atoms with Gasteiger partial charge in [0.1, 0.15) is 5.75 Å². The summed E-state index contributed by atoms with van der Waals surface area (Å²) in [6.45, 7) is 4.21. The average molecular weight is 1040 g/mol. The van der Waals surface area contributed by atoms with Crippen molar-refractivity contribution in [3.05, 3.63) is 121 Å². The first-order valence-electron chi connectivity index (χ1n) is 21.9. The minimum Gasteiger partial charge on any atom is -0.508 e.